The van der Waals surface area contributed by atoms with Crippen LogP contribution in [0.1, 0.15) is 128 Å². The molecule has 200 valence electrons. The van der Waals surface area contributed by atoms with E-state index in [0.29, 0.717) is 0 Å². The lowest BCUT2D eigenvalue weighted by atomic mass is 10.1. The molecule has 1 aromatic heterocycles. The standard InChI is InChI=1S/C33H51NO2/c1-3-5-7-9-11-13-15-17-27-35-32-22-21-31(20-19-30-23-25-34-26-24-30)29-33(32)36-28-18-16-14-12-10-8-6-4-2/h19-26,29H,3-18,27-28H2,1-2H3/b20-19+. The van der Waals surface area contributed by atoms with Gasteiger partial charge in [-0.2, -0.15) is 0 Å². The van der Waals surface area contributed by atoms with E-state index >= 15 is 0 Å². The maximum atomic E-state index is 6.24. The number of unbranched alkanes of at least 4 members (excludes halogenated alkanes) is 14. The number of nitrogens with zero attached hydrogens (tertiary/aromatic N) is 1. The highest BCUT2D eigenvalue weighted by atomic mass is 16.5. The Morgan fingerprint density at radius 2 is 1.00 bits per heavy atom. The molecule has 0 bridgehead atoms. The monoisotopic (exact) mass is 493 g/mol. The Hall–Kier alpha value is -2.29. The van der Waals surface area contributed by atoms with Gasteiger partial charge in [0.05, 0.1) is 13.2 Å². The second-order valence-electron chi connectivity index (χ2n) is 9.97. The van der Waals surface area contributed by atoms with E-state index in [1.165, 1.54) is 89.9 Å². The Balaban J connectivity index is 1.80. The maximum absolute atomic E-state index is 6.24. The zero-order valence-electron chi connectivity index (χ0n) is 23.2. The van der Waals surface area contributed by atoms with Crippen molar-refractivity contribution < 1.29 is 9.47 Å². The van der Waals surface area contributed by atoms with Crippen LogP contribution in [0.15, 0.2) is 42.7 Å². The molecule has 0 atom stereocenters. The molecule has 0 aliphatic carbocycles. The summed E-state index contributed by atoms with van der Waals surface area (Å²) in [6.45, 7) is 6.06. The zero-order chi connectivity index (χ0) is 25.5. The van der Waals surface area contributed by atoms with Gasteiger partial charge in [0.15, 0.2) is 11.5 Å². The van der Waals surface area contributed by atoms with Gasteiger partial charge in [0.1, 0.15) is 0 Å². The first-order valence-corrected chi connectivity index (χ1v) is 14.8. The predicted molar refractivity (Wildman–Crippen MR) is 156 cm³/mol. The van der Waals surface area contributed by atoms with Gasteiger partial charge < -0.3 is 9.47 Å². The summed E-state index contributed by atoms with van der Waals surface area (Å²) in [5, 5.41) is 0. The lowest BCUT2D eigenvalue weighted by molar-refractivity contribution is 0.258. The van der Waals surface area contributed by atoms with Crippen molar-refractivity contribution in [2.24, 2.45) is 0 Å². The molecule has 0 spiro atoms. The van der Waals surface area contributed by atoms with Crippen molar-refractivity contribution in [2.45, 2.75) is 117 Å². The van der Waals surface area contributed by atoms with E-state index in [4.69, 9.17) is 9.47 Å². The molecule has 0 aliphatic rings. The molecule has 0 amide bonds. The Morgan fingerprint density at radius 1 is 0.528 bits per heavy atom. The van der Waals surface area contributed by atoms with Crippen LogP contribution in [0.4, 0.5) is 0 Å². The summed E-state index contributed by atoms with van der Waals surface area (Å²) in [5.41, 5.74) is 2.26. The quantitative estimate of drug-likeness (QED) is 0.153. The van der Waals surface area contributed by atoms with Gasteiger partial charge >= 0.3 is 0 Å². The van der Waals surface area contributed by atoms with Crippen molar-refractivity contribution in [1.82, 2.24) is 4.98 Å². The second kappa shape index (κ2) is 20.9. The molecule has 0 saturated carbocycles. The number of hydrogen-bond donors (Lipinski definition) is 0. The first kappa shape index (κ1) is 29.9. The lowest BCUT2D eigenvalue weighted by Crippen LogP contribution is -2.03. The van der Waals surface area contributed by atoms with Gasteiger partial charge in [0, 0.05) is 12.4 Å². The van der Waals surface area contributed by atoms with E-state index < -0.39 is 0 Å². The maximum Gasteiger partial charge on any atom is 0.161 e. The molecule has 1 heterocycles. The Labute approximate surface area is 221 Å². The summed E-state index contributed by atoms with van der Waals surface area (Å²) < 4.78 is 12.4. The van der Waals surface area contributed by atoms with Crippen LogP contribution >= 0.6 is 0 Å². The van der Waals surface area contributed by atoms with Gasteiger partial charge in [-0.05, 0) is 48.2 Å². The molecule has 0 saturated heterocycles. The fourth-order valence-electron chi connectivity index (χ4n) is 4.36. The largest absolute Gasteiger partial charge is 0.490 e. The van der Waals surface area contributed by atoms with Crippen LogP contribution in [-0.2, 0) is 0 Å². The molecule has 0 radical (unpaired) electrons. The highest BCUT2D eigenvalue weighted by Gasteiger charge is 2.07. The Bertz CT molecular complexity index is 803. The third-order valence-electron chi connectivity index (χ3n) is 6.65. The predicted octanol–water partition coefficient (Wildman–Crippen LogP) is 10.3. The van der Waals surface area contributed by atoms with Crippen molar-refractivity contribution in [1.29, 1.82) is 0 Å². The molecule has 36 heavy (non-hydrogen) atoms. The molecule has 0 fully saturated rings. The summed E-state index contributed by atoms with van der Waals surface area (Å²) in [6, 6.07) is 10.3. The summed E-state index contributed by atoms with van der Waals surface area (Å²) in [7, 11) is 0. The van der Waals surface area contributed by atoms with Crippen LogP contribution in [0.2, 0.25) is 0 Å². The van der Waals surface area contributed by atoms with Crippen LogP contribution < -0.4 is 9.47 Å². The SMILES string of the molecule is CCCCCCCCCCOc1ccc(/C=C/c2ccncc2)cc1OCCCCCCCCCC. The van der Waals surface area contributed by atoms with Gasteiger partial charge in [0.25, 0.3) is 0 Å². The minimum Gasteiger partial charge on any atom is -0.490 e. The minimum absolute atomic E-state index is 0.751. The number of rotatable bonds is 22. The molecule has 2 aromatic rings. The number of benzene rings is 1. The molecule has 3 heteroatoms. The topological polar surface area (TPSA) is 31.4 Å². The fourth-order valence-corrected chi connectivity index (χ4v) is 4.36. The third kappa shape index (κ3) is 14.3. The average Bonchev–Trinajstić information content (AvgIpc) is 2.91. The molecular formula is C33H51NO2. The van der Waals surface area contributed by atoms with Crippen LogP contribution in [-0.4, -0.2) is 18.2 Å². The fraction of sp³-hybridized carbons (Fsp3) is 0.606. The molecule has 0 N–H and O–H groups in total. The van der Waals surface area contributed by atoms with Crippen molar-refractivity contribution in [3.05, 3.63) is 53.9 Å². The normalized spacial score (nSPS) is 11.3. The van der Waals surface area contributed by atoms with E-state index in [0.717, 1.165) is 48.7 Å². The highest BCUT2D eigenvalue weighted by molar-refractivity contribution is 5.70. The highest BCUT2D eigenvalue weighted by Crippen LogP contribution is 2.30. The Morgan fingerprint density at radius 3 is 1.56 bits per heavy atom. The number of ether oxygens (including phenoxy) is 2. The minimum atomic E-state index is 0.751. The van der Waals surface area contributed by atoms with E-state index in [9.17, 15) is 0 Å². The zero-order valence-corrected chi connectivity index (χ0v) is 23.2. The lowest BCUT2D eigenvalue weighted by Gasteiger charge is -2.14. The molecule has 0 unspecified atom stereocenters. The van der Waals surface area contributed by atoms with Crippen molar-refractivity contribution in [3.8, 4) is 11.5 Å². The molecule has 1 aromatic carbocycles. The van der Waals surface area contributed by atoms with Crippen LogP contribution in [0.25, 0.3) is 12.2 Å². The van der Waals surface area contributed by atoms with Gasteiger partial charge in [-0.15, -0.1) is 0 Å². The van der Waals surface area contributed by atoms with E-state index in [2.05, 4.69) is 49.2 Å². The van der Waals surface area contributed by atoms with Gasteiger partial charge in [0.2, 0.25) is 0 Å². The first-order chi connectivity index (χ1) is 17.8. The van der Waals surface area contributed by atoms with Crippen LogP contribution in [0.3, 0.4) is 0 Å². The number of hydrogen-bond acceptors (Lipinski definition) is 3. The van der Waals surface area contributed by atoms with E-state index in [1.807, 2.05) is 24.5 Å². The van der Waals surface area contributed by atoms with Gasteiger partial charge in [-0.1, -0.05) is 122 Å². The molecule has 0 aliphatic heterocycles. The third-order valence-corrected chi connectivity index (χ3v) is 6.65. The van der Waals surface area contributed by atoms with Crippen LogP contribution in [0, 0.1) is 0 Å². The smallest absolute Gasteiger partial charge is 0.161 e. The number of pyridine rings is 1. The summed E-state index contributed by atoms with van der Waals surface area (Å²) in [5.74, 6) is 1.74. The average molecular weight is 494 g/mol. The van der Waals surface area contributed by atoms with Crippen molar-refractivity contribution in [2.75, 3.05) is 13.2 Å². The van der Waals surface area contributed by atoms with E-state index in [-0.39, 0.29) is 0 Å². The molecular weight excluding hydrogens is 442 g/mol. The Kier molecular flexibility index (Phi) is 17.3. The first-order valence-electron chi connectivity index (χ1n) is 14.8. The van der Waals surface area contributed by atoms with Crippen LogP contribution in [0.5, 0.6) is 11.5 Å². The van der Waals surface area contributed by atoms with Crippen molar-refractivity contribution in [3.63, 3.8) is 0 Å². The second-order valence-corrected chi connectivity index (χ2v) is 9.97. The van der Waals surface area contributed by atoms with Gasteiger partial charge in [-0.3, -0.25) is 4.98 Å². The molecule has 2 rings (SSSR count). The summed E-state index contributed by atoms with van der Waals surface area (Å²) >= 11 is 0. The van der Waals surface area contributed by atoms with Crippen molar-refractivity contribution >= 4 is 12.2 Å². The summed E-state index contributed by atoms with van der Waals surface area (Å²) in [4.78, 5) is 4.09. The number of aromatic nitrogens is 1. The van der Waals surface area contributed by atoms with Gasteiger partial charge in [-0.25, -0.2) is 0 Å². The summed E-state index contributed by atoms with van der Waals surface area (Å²) in [6.07, 6.45) is 28.8. The molecule has 3 nitrogen and oxygen atoms in total. The van der Waals surface area contributed by atoms with E-state index in [1.54, 1.807) is 0 Å².